The average molecular weight is 559 g/mol. The summed E-state index contributed by atoms with van der Waals surface area (Å²) in [5, 5.41) is 11.6. The van der Waals surface area contributed by atoms with E-state index in [0.717, 1.165) is 68.5 Å². The molecule has 11 nitrogen and oxygen atoms in total. The maximum atomic E-state index is 12.8. The van der Waals surface area contributed by atoms with Crippen molar-refractivity contribution in [3.05, 3.63) is 66.3 Å². The van der Waals surface area contributed by atoms with E-state index < -0.39 is 0 Å². The Labute approximate surface area is 240 Å². The van der Waals surface area contributed by atoms with Gasteiger partial charge in [-0.3, -0.25) is 19.7 Å². The van der Waals surface area contributed by atoms with Crippen LogP contribution in [0.2, 0.25) is 0 Å². The second-order valence-electron chi connectivity index (χ2n) is 11.4. The summed E-state index contributed by atoms with van der Waals surface area (Å²) in [6.45, 7) is 13.8. The molecule has 0 radical (unpaired) electrons. The molecule has 1 aliphatic rings. The minimum absolute atomic E-state index is 0.185. The van der Waals surface area contributed by atoms with Crippen molar-refractivity contribution in [2.75, 3.05) is 56.7 Å². The standard InChI is InChI=1S/C30H38N8O3/c1-21-26(16-23(18-32-21)33-29(39)27-7-8-28(41-27)30(2,3)4)38-20-25(34-35-38)22-15-24(19-31-17-22)37-12-10-36(11-13-37)9-6-14-40-5/h7-8,15-20H,6,9-14H2,1-5H3,(H,33,39). The number of ether oxygens (including phenoxy) is 1. The zero-order valence-electron chi connectivity index (χ0n) is 24.4. The molecule has 1 aliphatic heterocycles. The minimum Gasteiger partial charge on any atom is -0.455 e. The van der Waals surface area contributed by atoms with Crippen LogP contribution in [0.4, 0.5) is 11.4 Å². The molecule has 0 spiro atoms. The Morgan fingerprint density at radius 2 is 1.90 bits per heavy atom. The van der Waals surface area contributed by atoms with E-state index in [4.69, 9.17) is 9.15 Å². The van der Waals surface area contributed by atoms with Crippen molar-refractivity contribution < 1.29 is 13.9 Å². The Bertz CT molecular complexity index is 1480. The molecule has 1 fully saturated rings. The fraction of sp³-hybridized carbons (Fsp3) is 0.433. The van der Waals surface area contributed by atoms with Gasteiger partial charge in [0.1, 0.15) is 11.5 Å². The predicted molar refractivity (Wildman–Crippen MR) is 158 cm³/mol. The van der Waals surface area contributed by atoms with Crippen LogP contribution in [0.5, 0.6) is 0 Å². The number of aryl methyl sites for hydroxylation is 1. The number of anilines is 2. The number of hydrogen-bond donors (Lipinski definition) is 1. The van der Waals surface area contributed by atoms with E-state index in [9.17, 15) is 4.79 Å². The molecule has 0 bridgehead atoms. The number of amides is 1. The number of nitrogens with zero attached hydrogens (tertiary/aromatic N) is 7. The molecule has 5 rings (SSSR count). The Morgan fingerprint density at radius 3 is 2.63 bits per heavy atom. The van der Waals surface area contributed by atoms with E-state index in [1.165, 1.54) is 0 Å². The lowest BCUT2D eigenvalue weighted by Gasteiger charge is -2.36. The molecule has 5 heterocycles. The summed E-state index contributed by atoms with van der Waals surface area (Å²) in [6.07, 6.45) is 8.23. The van der Waals surface area contributed by atoms with E-state index >= 15 is 0 Å². The third kappa shape index (κ3) is 6.80. The summed E-state index contributed by atoms with van der Waals surface area (Å²) < 4.78 is 12.6. The first-order chi connectivity index (χ1) is 19.7. The Hall–Kier alpha value is -4.09. The van der Waals surface area contributed by atoms with Gasteiger partial charge in [-0.2, -0.15) is 0 Å². The molecule has 216 valence electrons. The minimum atomic E-state index is -0.338. The largest absolute Gasteiger partial charge is 0.455 e. The molecule has 1 N–H and O–H groups in total. The first-order valence-electron chi connectivity index (χ1n) is 13.9. The molecule has 0 aliphatic carbocycles. The SMILES string of the molecule is COCCCN1CCN(c2cncc(-c3cn(-c4cc(NC(=O)c5ccc(C(C)(C)C)o5)cnc4C)nn3)c2)CC1. The van der Waals surface area contributed by atoms with Crippen LogP contribution in [0.15, 0.2) is 53.5 Å². The van der Waals surface area contributed by atoms with Crippen LogP contribution in [0.25, 0.3) is 16.9 Å². The van der Waals surface area contributed by atoms with Crippen molar-refractivity contribution in [2.24, 2.45) is 0 Å². The summed E-state index contributed by atoms with van der Waals surface area (Å²) in [6, 6.07) is 7.46. The monoisotopic (exact) mass is 558 g/mol. The van der Waals surface area contributed by atoms with Crippen LogP contribution in [-0.4, -0.2) is 82.2 Å². The van der Waals surface area contributed by atoms with Crippen molar-refractivity contribution in [1.82, 2.24) is 29.9 Å². The summed E-state index contributed by atoms with van der Waals surface area (Å²) >= 11 is 0. The van der Waals surface area contributed by atoms with Crippen molar-refractivity contribution >= 4 is 17.3 Å². The first-order valence-corrected chi connectivity index (χ1v) is 13.9. The fourth-order valence-corrected chi connectivity index (χ4v) is 4.79. The highest BCUT2D eigenvalue weighted by Crippen LogP contribution is 2.26. The van der Waals surface area contributed by atoms with Crippen LogP contribution in [-0.2, 0) is 10.2 Å². The topological polar surface area (TPSA) is 114 Å². The van der Waals surface area contributed by atoms with Crippen molar-refractivity contribution in [3.63, 3.8) is 0 Å². The number of furan rings is 1. The van der Waals surface area contributed by atoms with E-state index in [0.29, 0.717) is 17.1 Å². The highest BCUT2D eigenvalue weighted by molar-refractivity contribution is 6.02. The third-order valence-corrected chi connectivity index (χ3v) is 7.21. The average Bonchev–Trinajstić information content (AvgIpc) is 3.66. The van der Waals surface area contributed by atoms with E-state index in [1.54, 1.807) is 30.3 Å². The summed E-state index contributed by atoms with van der Waals surface area (Å²) in [4.78, 5) is 26.6. The molecule has 0 atom stereocenters. The van der Waals surface area contributed by atoms with Gasteiger partial charge in [-0.1, -0.05) is 26.0 Å². The van der Waals surface area contributed by atoms with Crippen LogP contribution in [0.3, 0.4) is 0 Å². The third-order valence-electron chi connectivity index (χ3n) is 7.21. The van der Waals surface area contributed by atoms with Crippen LogP contribution < -0.4 is 10.2 Å². The van der Waals surface area contributed by atoms with Gasteiger partial charge in [0.05, 0.1) is 41.3 Å². The molecule has 0 aromatic carbocycles. The molecule has 4 aromatic rings. The zero-order valence-corrected chi connectivity index (χ0v) is 24.4. The fourth-order valence-electron chi connectivity index (χ4n) is 4.79. The zero-order chi connectivity index (χ0) is 29.0. The van der Waals surface area contributed by atoms with Gasteiger partial charge in [0.2, 0.25) is 0 Å². The Kier molecular flexibility index (Phi) is 8.46. The molecule has 11 heteroatoms. The van der Waals surface area contributed by atoms with E-state index in [-0.39, 0.29) is 17.1 Å². The molecule has 4 aromatic heterocycles. The van der Waals surface area contributed by atoms with E-state index in [2.05, 4.69) is 41.5 Å². The number of pyridine rings is 2. The quantitative estimate of drug-likeness (QED) is 0.300. The smallest absolute Gasteiger partial charge is 0.291 e. The molecular formula is C30H38N8O3. The molecule has 1 saturated heterocycles. The van der Waals surface area contributed by atoms with Crippen LogP contribution >= 0.6 is 0 Å². The highest BCUT2D eigenvalue weighted by atomic mass is 16.5. The van der Waals surface area contributed by atoms with Gasteiger partial charge in [-0.15, -0.1) is 5.10 Å². The van der Waals surface area contributed by atoms with Crippen molar-refractivity contribution in [3.8, 4) is 16.9 Å². The van der Waals surface area contributed by atoms with Gasteiger partial charge < -0.3 is 19.4 Å². The summed E-state index contributed by atoms with van der Waals surface area (Å²) in [5.74, 6) is 0.661. The summed E-state index contributed by atoms with van der Waals surface area (Å²) in [7, 11) is 1.75. The van der Waals surface area contributed by atoms with E-state index in [1.807, 2.05) is 52.2 Å². The highest BCUT2D eigenvalue weighted by Gasteiger charge is 2.21. The van der Waals surface area contributed by atoms with Crippen molar-refractivity contribution in [2.45, 2.75) is 39.5 Å². The second-order valence-corrected chi connectivity index (χ2v) is 11.4. The first kappa shape index (κ1) is 28.4. The number of carbonyl (C=O) groups excluding carboxylic acids is 1. The van der Waals surface area contributed by atoms with Gasteiger partial charge >= 0.3 is 0 Å². The van der Waals surface area contributed by atoms with Crippen LogP contribution in [0, 0.1) is 6.92 Å². The molecule has 0 saturated carbocycles. The number of hydrogen-bond acceptors (Lipinski definition) is 9. The number of carbonyl (C=O) groups is 1. The number of rotatable bonds is 9. The second kappa shape index (κ2) is 12.2. The molecule has 41 heavy (non-hydrogen) atoms. The van der Waals surface area contributed by atoms with Gasteiger partial charge in [0.25, 0.3) is 5.91 Å². The molecule has 0 unspecified atom stereocenters. The normalized spacial score (nSPS) is 14.4. The number of aromatic nitrogens is 5. The Morgan fingerprint density at radius 1 is 1.10 bits per heavy atom. The lowest BCUT2D eigenvalue weighted by atomic mass is 9.94. The van der Waals surface area contributed by atoms with Crippen molar-refractivity contribution in [1.29, 1.82) is 0 Å². The van der Waals surface area contributed by atoms with Crippen LogP contribution in [0.1, 0.15) is 49.2 Å². The molecular weight excluding hydrogens is 520 g/mol. The van der Waals surface area contributed by atoms with Gasteiger partial charge in [-0.05, 0) is 37.6 Å². The van der Waals surface area contributed by atoms with Gasteiger partial charge in [0, 0.05) is 63.6 Å². The predicted octanol–water partition coefficient (Wildman–Crippen LogP) is 4.33. The lowest BCUT2D eigenvalue weighted by molar-refractivity contribution is 0.0993. The van der Waals surface area contributed by atoms with Gasteiger partial charge in [-0.25, -0.2) is 4.68 Å². The maximum absolute atomic E-state index is 12.8. The summed E-state index contributed by atoms with van der Waals surface area (Å²) in [5.41, 5.74) is 4.48. The molecule has 1 amide bonds. The number of piperazine rings is 1. The maximum Gasteiger partial charge on any atom is 0.291 e. The number of methoxy groups -OCH3 is 1. The van der Waals surface area contributed by atoms with Gasteiger partial charge in [0.15, 0.2) is 5.76 Å². The lowest BCUT2D eigenvalue weighted by Crippen LogP contribution is -2.46. The Balaban J connectivity index is 1.27. The number of nitrogens with one attached hydrogen (secondary N) is 1.